The van der Waals surface area contributed by atoms with Gasteiger partial charge in [0.15, 0.2) is 5.70 Å². The second kappa shape index (κ2) is 6.77. The molecule has 0 aliphatic carbocycles. The van der Waals surface area contributed by atoms with Crippen LogP contribution in [-0.4, -0.2) is 16.8 Å². The van der Waals surface area contributed by atoms with Crippen LogP contribution in [0, 0.1) is 10.1 Å². The van der Waals surface area contributed by atoms with Crippen molar-refractivity contribution in [3.63, 3.8) is 0 Å². The lowest BCUT2D eigenvalue weighted by Crippen LogP contribution is -2.04. The number of fused-ring (bicyclic) bond motifs is 1. The van der Waals surface area contributed by atoms with Gasteiger partial charge in [-0.3, -0.25) is 10.1 Å². The fraction of sp³-hybridized carbons (Fsp3) is 0. The molecule has 0 spiro atoms. The number of ether oxygens (including phenoxy) is 1. The van der Waals surface area contributed by atoms with Gasteiger partial charge in [-0.15, -0.1) is 11.3 Å². The average molecular weight is 419 g/mol. The predicted molar refractivity (Wildman–Crippen MR) is 106 cm³/mol. The van der Waals surface area contributed by atoms with Crippen molar-refractivity contribution in [3.8, 4) is 0 Å². The van der Waals surface area contributed by atoms with Crippen molar-refractivity contribution in [2.24, 2.45) is 4.99 Å². The molecule has 0 atom stereocenters. The number of nitrogens with zero attached hydrogens (tertiary/aromatic N) is 2. The minimum Gasteiger partial charge on any atom is -0.401 e. The zero-order chi connectivity index (χ0) is 19.1. The van der Waals surface area contributed by atoms with E-state index in [1.54, 1.807) is 18.2 Å². The number of aliphatic imine (C=N–C) groups is 1. The minimum absolute atomic E-state index is 0.0361. The van der Waals surface area contributed by atoms with Crippen LogP contribution in [0.15, 0.2) is 53.2 Å². The van der Waals surface area contributed by atoms with E-state index >= 15 is 0 Å². The molecule has 2 aromatic carbocycles. The lowest BCUT2D eigenvalue weighted by molar-refractivity contribution is -0.384. The molecule has 0 saturated carbocycles. The molecular weight excluding hydrogens is 411 g/mol. The van der Waals surface area contributed by atoms with Crippen molar-refractivity contribution >= 4 is 68.3 Å². The van der Waals surface area contributed by atoms with E-state index in [0.717, 1.165) is 10.1 Å². The van der Waals surface area contributed by atoms with E-state index in [4.69, 9.17) is 27.9 Å². The van der Waals surface area contributed by atoms with E-state index in [2.05, 4.69) is 4.99 Å². The molecule has 134 valence electrons. The zero-order valence-electron chi connectivity index (χ0n) is 13.3. The summed E-state index contributed by atoms with van der Waals surface area (Å²) in [5.41, 5.74) is 0.642. The van der Waals surface area contributed by atoms with Crippen LogP contribution in [0.3, 0.4) is 0 Å². The van der Waals surface area contributed by atoms with Gasteiger partial charge in [-0.2, -0.15) is 0 Å². The topological polar surface area (TPSA) is 81.8 Å². The predicted octanol–water partition coefficient (Wildman–Crippen LogP) is 5.46. The second-order valence-corrected chi connectivity index (χ2v) is 7.44. The first kappa shape index (κ1) is 17.7. The van der Waals surface area contributed by atoms with Gasteiger partial charge in [-0.1, -0.05) is 29.3 Å². The first-order chi connectivity index (χ1) is 12.9. The van der Waals surface area contributed by atoms with Crippen LogP contribution >= 0.6 is 34.5 Å². The Bertz CT molecular complexity index is 1170. The molecule has 27 heavy (non-hydrogen) atoms. The maximum Gasteiger partial charge on any atom is 0.363 e. The SMILES string of the molecule is O=C1OC(c2sc3cc(Cl)ccc3c2Cl)=N/C1=C/c1ccc([N+](=O)[O-])cc1. The number of thiophene rings is 1. The third-order valence-electron chi connectivity index (χ3n) is 3.81. The van der Waals surface area contributed by atoms with Crippen LogP contribution < -0.4 is 0 Å². The molecule has 2 heterocycles. The second-order valence-electron chi connectivity index (χ2n) is 5.57. The quantitative estimate of drug-likeness (QED) is 0.244. The van der Waals surface area contributed by atoms with Gasteiger partial charge in [-0.05, 0) is 35.9 Å². The molecule has 0 radical (unpaired) electrons. The van der Waals surface area contributed by atoms with Crippen LogP contribution in [-0.2, 0) is 9.53 Å². The Morgan fingerprint density at radius 1 is 1.15 bits per heavy atom. The smallest absolute Gasteiger partial charge is 0.363 e. The highest BCUT2D eigenvalue weighted by atomic mass is 35.5. The van der Waals surface area contributed by atoms with Crippen molar-refractivity contribution in [1.82, 2.24) is 0 Å². The van der Waals surface area contributed by atoms with Gasteiger partial charge in [0, 0.05) is 27.2 Å². The monoisotopic (exact) mass is 418 g/mol. The van der Waals surface area contributed by atoms with Gasteiger partial charge in [0.1, 0.15) is 4.88 Å². The van der Waals surface area contributed by atoms with Gasteiger partial charge in [0.05, 0.1) is 9.95 Å². The Labute approximate surface area is 166 Å². The van der Waals surface area contributed by atoms with E-state index in [9.17, 15) is 14.9 Å². The van der Waals surface area contributed by atoms with Gasteiger partial charge in [0.2, 0.25) is 5.90 Å². The molecule has 0 unspecified atom stereocenters. The first-order valence-corrected chi connectivity index (χ1v) is 9.14. The maximum atomic E-state index is 12.1. The molecule has 9 heteroatoms. The molecular formula is C18H8Cl2N2O4S. The molecule has 1 aromatic heterocycles. The van der Waals surface area contributed by atoms with Crippen molar-refractivity contribution in [2.45, 2.75) is 0 Å². The first-order valence-electron chi connectivity index (χ1n) is 7.57. The summed E-state index contributed by atoms with van der Waals surface area (Å²) in [6.45, 7) is 0. The summed E-state index contributed by atoms with van der Waals surface area (Å²) in [6, 6.07) is 11.1. The van der Waals surface area contributed by atoms with Crippen LogP contribution in [0.1, 0.15) is 10.4 Å². The number of cyclic esters (lactones) is 1. The molecule has 4 rings (SSSR count). The summed E-state index contributed by atoms with van der Waals surface area (Å²) >= 11 is 13.7. The minimum atomic E-state index is -0.616. The third-order valence-corrected chi connectivity index (χ3v) is 5.69. The lowest BCUT2D eigenvalue weighted by Gasteiger charge is -1.95. The van der Waals surface area contributed by atoms with E-state index in [1.807, 2.05) is 0 Å². The van der Waals surface area contributed by atoms with Gasteiger partial charge >= 0.3 is 5.97 Å². The Balaban J connectivity index is 1.71. The summed E-state index contributed by atoms with van der Waals surface area (Å²) in [5.74, 6) is -0.495. The standard InChI is InChI=1S/C18H8Cl2N2O4S/c19-10-3-6-12-14(8-10)27-16(15(12)20)17-21-13(18(23)26-17)7-9-1-4-11(5-2-9)22(24)25/h1-8H/b13-7+. The van der Waals surface area contributed by atoms with E-state index < -0.39 is 10.9 Å². The number of halogens is 2. The highest BCUT2D eigenvalue weighted by Crippen LogP contribution is 2.38. The number of carbonyl (C=O) groups is 1. The highest BCUT2D eigenvalue weighted by molar-refractivity contribution is 7.21. The van der Waals surface area contributed by atoms with Crippen LogP contribution in [0.5, 0.6) is 0 Å². The molecule has 6 nitrogen and oxygen atoms in total. The van der Waals surface area contributed by atoms with E-state index in [0.29, 0.717) is 20.5 Å². The number of rotatable bonds is 3. The Morgan fingerprint density at radius 2 is 1.89 bits per heavy atom. The number of nitro benzene ring substituents is 1. The number of non-ortho nitro benzene ring substituents is 1. The summed E-state index contributed by atoms with van der Waals surface area (Å²) in [5, 5.41) is 12.5. The molecule has 0 amide bonds. The Kier molecular flexibility index (Phi) is 4.43. The number of hydrogen-bond donors (Lipinski definition) is 0. The molecule has 1 aliphatic rings. The van der Waals surface area contributed by atoms with Gasteiger partial charge in [0.25, 0.3) is 5.69 Å². The number of nitro groups is 1. The van der Waals surface area contributed by atoms with Crippen LogP contribution in [0.2, 0.25) is 10.0 Å². The molecule has 1 aliphatic heterocycles. The zero-order valence-corrected chi connectivity index (χ0v) is 15.6. The maximum absolute atomic E-state index is 12.1. The summed E-state index contributed by atoms with van der Waals surface area (Å²) in [4.78, 5) is 27.1. The normalized spacial score (nSPS) is 15.3. The molecule has 0 saturated heterocycles. The number of carbonyl (C=O) groups excluding carboxylic acids is 1. The van der Waals surface area contributed by atoms with Crippen LogP contribution in [0.25, 0.3) is 16.2 Å². The van der Waals surface area contributed by atoms with Gasteiger partial charge < -0.3 is 4.74 Å². The van der Waals surface area contributed by atoms with E-state index in [-0.39, 0.29) is 17.3 Å². The molecule has 0 fully saturated rings. The lowest BCUT2D eigenvalue weighted by atomic mass is 10.2. The number of esters is 1. The Morgan fingerprint density at radius 3 is 2.59 bits per heavy atom. The fourth-order valence-electron chi connectivity index (χ4n) is 2.53. The summed E-state index contributed by atoms with van der Waals surface area (Å²) < 4.78 is 6.12. The summed E-state index contributed by atoms with van der Waals surface area (Å²) in [6.07, 6.45) is 1.50. The fourth-order valence-corrected chi connectivity index (χ4v) is 4.25. The van der Waals surface area contributed by atoms with Crippen molar-refractivity contribution in [2.75, 3.05) is 0 Å². The highest BCUT2D eigenvalue weighted by Gasteiger charge is 2.28. The summed E-state index contributed by atoms with van der Waals surface area (Å²) in [7, 11) is 0. The molecule has 0 bridgehead atoms. The van der Waals surface area contributed by atoms with Crippen molar-refractivity contribution in [1.29, 1.82) is 0 Å². The average Bonchev–Trinajstić information content (AvgIpc) is 3.15. The molecule has 3 aromatic rings. The largest absolute Gasteiger partial charge is 0.401 e. The van der Waals surface area contributed by atoms with Gasteiger partial charge in [-0.25, -0.2) is 9.79 Å². The number of benzene rings is 2. The van der Waals surface area contributed by atoms with Crippen molar-refractivity contribution < 1.29 is 14.5 Å². The molecule has 0 N–H and O–H groups in total. The van der Waals surface area contributed by atoms with Crippen LogP contribution in [0.4, 0.5) is 5.69 Å². The number of hydrogen-bond acceptors (Lipinski definition) is 6. The van der Waals surface area contributed by atoms with Crippen molar-refractivity contribution in [3.05, 3.63) is 78.8 Å². The third kappa shape index (κ3) is 3.32. The van der Waals surface area contributed by atoms with E-state index in [1.165, 1.54) is 41.7 Å². The Hall–Kier alpha value is -2.74.